The summed E-state index contributed by atoms with van der Waals surface area (Å²) in [6.45, 7) is 0. The van der Waals surface area contributed by atoms with Crippen LogP contribution in [0.5, 0.6) is 0 Å². The van der Waals surface area contributed by atoms with E-state index in [1.807, 2.05) is 29.9 Å². The molecule has 3 rings (SSSR count). The van der Waals surface area contributed by atoms with Gasteiger partial charge in [0.25, 0.3) is 0 Å². The number of nitrogens with one attached hydrogen (secondary N) is 1. The molecule has 2 heterocycles. The van der Waals surface area contributed by atoms with E-state index in [0.29, 0.717) is 5.13 Å². The van der Waals surface area contributed by atoms with Gasteiger partial charge in [-0.25, -0.2) is 9.37 Å². The molecule has 0 bridgehead atoms. The largest absolute Gasteiger partial charge is 0.350 e. The predicted molar refractivity (Wildman–Crippen MR) is 84.1 cm³/mol. The molecule has 0 aliphatic carbocycles. The number of hydrogen-bond donors (Lipinski definition) is 1. The average Bonchev–Trinajstić information content (AvgIpc) is 3.10. The zero-order valence-electron chi connectivity index (χ0n) is 11.3. The first-order valence-electron chi connectivity index (χ1n) is 6.34. The summed E-state index contributed by atoms with van der Waals surface area (Å²) in [6, 6.07) is 10.3. The Morgan fingerprint density at radius 1 is 1.29 bits per heavy atom. The molecular weight excluding hydrogens is 287 g/mol. The van der Waals surface area contributed by atoms with Crippen LogP contribution in [0.25, 0.3) is 10.4 Å². The van der Waals surface area contributed by atoms with Crippen molar-refractivity contribution < 1.29 is 4.39 Å². The van der Waals surface area contributed by atoms with Crippen LogP contribution in [0.4, 0.5) is 9.52 Å². The van der Waals surface area contributed by atoms with E-state index in [9.17, 15) is 4.39 Å². The number of hydrogen-bond acceptors (Lipinski definition) is 4. The summed E-state index contributed by atoms with van der Waals surface area (Å²) >= 11 is 1.47. The van der Waals surface area contributed by atoms with Gasteiger partial charge in [-0.1, -0.05) is 23.5 Å². The minimum atomic E-state index is -0.242. The third kappa shape index (κ3) is 3.17. The van der Waals surface area contributed by atoms with Gasteiger partial charge in [-0.15, -0.1) is 0 Å². The number of nitrogens with zero attached hydrogens (tertiary/aromatic N) is 3. The van der Waals surface area contributed by atoms with Crippen molar-refractivity contribution in [2.24, 2.45) is 12.1 Å². The van der Waals surface area contributed by atoms with Crippen LogP contribution in [0, 0.1) is 5.82 Å². The summed E-state index contributed by atoms with van der Waals surface area (Å²) in [6.07, 6.45) is 5.44. The van der Waals surface area contributed by atoms with Crippen molar-refractivity contribution in [2.45, 2.75) is 0 Å². The number of thiazole rings is 1. The summed E-state index contributed by atoms with van der Waals surface area (Å²) in [5, 5.41) is 4.85. The van der Waals surface area contributed by atoms with Crippen LogP contribution in [0.1, 0.15) is 5.69 Å². The number of aromatic nitrogens is 2. The lowest BCUT2D eigenvalue weighted by atomic mass is 10.2. The van der Waals surface area contributed by atoms with Crippen LogP contribution in [-0.2, 0) is 7.05 Å². The van der Waals surface area contributed by atoms with E-state index in [2.05, 4.69) is 15.5 Å². The molecule has 0 fully saturated rings. The molecule has 0 saturated carbocycles. The Labute approximate surface area is 125 Å². The first kappa shape index (κ1) is 13.5. The van der Waals surface area contributed by atoms with Gasteiger partial charge in [0.15, 0.2) is 0 Å². The molecule has 0 radical (unpaired) electrons. The van der Waals surface area contributed by atoms with Gasteiger partial charge in [0, 0.05) is 19.4 Å². The molecule has 21 heavy (non-hydrogen) atoms. The standard InChI is InChI=1S/C15H13FN4S/c1-20-8-2-3-13(20)9-18-19-15-17-10-14(21-15)11-4-6-12(16)7-5-11/h2-10H,1H3,(H,17,19)/b18-9+. The Bertz CT molecular complexity index is 758. The molecule has 0 atom stereocenters. The number of anilines is 1. The number of rotatable bonds is 4. The smallest absolute Gasteiger partial charge is 0.203 e. The molecule has 1 aromatic carbocycles. The fourth-order valence-corrected chi connectivity index (χ4v) is 2.61. The Balaban J connectivity index is 1.69. The van der Waals surface area contributed by atoms with E-state index in [0.717, 1.165) is 16.1 Å². The fraction of sp³-hybridized carbons (Fsp3) is 0.0667. The van der Waals surface area contributed by atoms with E-state index in [1.165, 1.54) is 23.5 Å². The lowest BCUT2D eigenvalue weighted by Crippen LogP contribution is -1.95. The van der Waals surface area contributed by atoms with Crippen LogP contribution in [0.3, 0.4) is 0 Å². The van der Waals surface area contributed by atoms with Crippen molar-refractivity contribution in [1.82, 2.24) is 9.55 Å². The zero-order chi connectivity index (χ0) is 14.7. The van der Waals surface area contributed by atoms with Crippen molar-refractivity contribution in [3.63, 3.8) is 0 Å². The highest BCUT2D eigenvalue weighted by atomic mass is 32.1. The molecule has 0 amide bonds. The highest BCUT2D eigenvalue weighted by molar-refractivity contribution is 7.18. The van der Waals surface area contributed by atoms with Gasteiger partial charge in [0.2, 0.25) is 5.13 Å². The van der Waals surface area contributed by atoms with Crippen LogP contribution >= 0.6 is 11.3 Å². The third-order valence-electron chi connectivity index (χ3n) is 2.98. The van der Waals surface area contributed by atoms with Crippen molar-refractivity contribution >= 4 is 22.7 Å². The Morgan fingerprint density at radius 2 is 2.10 bits per heavy atom. The van der Waals surface area contributed by atoms with Crippen molar-refractivity contribution in [3.8, 4) is 10.4 Å². The second-order valence-corrected chi connectivity index (χ2v) is 5.48. The van der Waals surface area contributed by atoms with Crippen LogP contribution in [0.2, 0.25) is 0 Å². The summed E-state index contributed by atoms with van der Waals surface area (Å²) < 4.78 is 14.9. The summed E-state index contributed by atoms with van der Waals surface area (Å²) in [5.41, 5.74) is 4.84. The molecule has 6 heteroatoms. The molecule has 0 unspecified atom stereocenters. The second-order valence-electron chi connectivity index (χ2n) is 4.45. The van der Waals surface area contributed by atoms with E-state index in [4.69, 9.17) is 0 Å². The molecule has 0 saturated heterocycles. The first-order chi connectivity index (χ1) is 10.2. The molecule has 1 N–H and O–H groups in total. The van der Waals surface area contributed by atoms with Crippen LogP contribution in [0.15, 0.2) is 53.9 Å². The first-order valence-corrected chi connectivity index (χ1v) is 7.16. The van der Waals surface area contributed by atoms with E-state index >= 15 is 0 Å². The molecule has 3 aromatic rings. The summed E-state index contributed by atoms with van der Waals surface area (Å²) in [5.74, 6) is -0.242. The molecule has 106 valence electrons. The molecule has 0 spiro atoms. The maximum atomic E-state index is 12.9. The predicted octanol–water partition coefficient (Wildman–Crippen LogP) is 3.73. The quantitative estimate of drug-likeness (QED) is 0.589. The molecule has 2 aromatic heterocycles. The lowest BCUT2D eigenvalue weighted by Gasteiger charge is -1.96. The molecular formula is C15H13FN4S. The van der Waals surface area contributed by atoms with E-state index in [1.54, 1.807) is 24.5 Å². The Morgan fingerprint density at radius 3 is 2.81 bits per heavy atom. The topological polar surface area (TPSA) is 42.2 Å². The van der Waals surface area contributed by atoms with Crippen molar-refractivity contribution in [3.05, 3.63) is 60.3 Å². The highest BCUT2D eigenvalue weighted by Gasteiger charge is 2.04. The van der Waals surface area contributed by atoms with Gasteiger partial charge in [0.1, 0.15) is 5.82 Å². The SMILES string of the molecule is Cn1cccc1/C=N/Nc1ncc(-c2ccc(F)cc2)s1. The van der Waals surface area contributed by atoms with Gasteiger partial charge in [-0.2, -0.15) is 5.10 Å². The molecule has 4 nitrogen and oxygen atoms in total. The Kier molecular flexibility index (Phi) is 3.79. The van der Waals surface area contributed by atoms with Gasteiger partial charge in [-0.05, 0) is 29.8 Å². The maximum Gasteiger partial charge on any atom is 0.203 e. The average molecular weight is 300 g/mol. The monoisotopic (exact) mass is 300 g/mol. The number of benzene rings is 1. The molecule has 0 aliphatic rings. The molecule has 0 aliphatic heterocycles. The lowest BCUT2D eigenvalue weighted by molar-refractivity contribution is 0.628. The highest BCUT2D eigenvalue weighted by Crippen LogP contribution is 2.28. The fourth-order valence-electron chi connectivity index (χ4n) is 1.84. The van der Waals surface area contributed by atoms with Crippen molar-refractivity contribution in [1.29, 1.82) is 0 Å². The third-order valence-corrected chi connectivity index (χ3v) is 3.93. The van der Waals surface area contributed by atoms with Gasteiger partial charge >= 0.3 is 0 Å². The van der Waals surface area contributed by atoms with E-state index < -0.39 is 0 Å². The van der Waals surface area contributed by atoms with Crippen molar-refractivity contribution in [2.75, 3.05) is 5.43 Å². The second kappa shape index (κ2) is 5.88. The van der Waals surface area contributed by atoms with E-state index in [-0.39, 0.29) is 5.82 Å². The zero-order valence-corrected chi connectivity index (χ0v) is 12.1. The number of hydrazone groups is 1. The normalized spacial score (nSPS) is 11.1. The minimum absolute atomic E-state index is 0.242. The number of halogens is 1. The Hall–Kier alpha value is -2.47. The van der Waals surface area contributed by atoms with Gasteiger partial charge in [-0.3, -0.25) is 5.43 Å². The summed E-state index contributed by atoms with van der Waals surface area (Å²) in [4.78, 5) is 5.21. The summed E-state index contributed by atoms with van der Waals surface area (Å²) in [7, 11) is 1.96. The van der Waals surface area contributed by atoms with Crippen LogP contribution in [-0.4, -0.2) is 15.8 Å². The van der Waals surface area contributed by atoms with Gasteiger partial charge in [0.05, 0.1) is 16.8 Å². The van der Waals surface area contributed by atoms with Crippen LogP contribution < -0.4 is 5.43 Å². The maximum absolute atomic E-state index is 12.9. The minimum Gasteiger partial charge on any atom is -0.350 e. The number of aryl methyl sites for hydroxylation is 1. The van der Waals surface area contributed by atoms with Gasteiger partial charge < -0.3 is 4.57 Å².